The predicted molar refractivity (Wildman–Crippen MR) is 90.6 cm³/mol. The highest BCUT2D eigenvalue weighted by atomic mass is 16.4. The van der Waals surface area contributed by atoms with Crippen molar-refractivity contribution >= 4 is 11.9 Å². The zero-order chi connectivity index (χ0) is 18.8. The number of phenols is 2. The lowest BCUT2D eigenvalue weighted by molar-refractivity contribution is 0.0682. The Bertz CT molecular complexity index is 987. The van der Waals surface area contributed by atoms with Crippen LogP contribution in [0.2, 0.25) is 0 Å². The minimum atomic E-state index is -1.30. The predicted octanol–water partition coefficient (Wildman–Crippen LogP) is 3.35. The van der Waals surface area contributed by atoms with E-state index in [1.807, 2.05) is 0 Å². The molecular formula is C19H14O7. The van der Waals surface area contributed by atoms with Crippen LogP contribution in [0.25, 0.3) is 11.3 Å². The fraction of sp³-hybridized carbons (Fsp3) is 0.0526. The third-order valence-corrected chi connectivity index (χ3v) is 3.89. The Labute approximate surface area is 147 Å². The fourth-order valence-electron chi connectivity index (χ4n) is 2.68. The van der Waals surface area contributed by atoms with Gasteiger partial charge in [-0.2, -0.15) is 0 Å². The van der Waals surface area contributed by atoms with E-state index in [1.165, 1.54) is 24.5 Å². The maximum absolute atomic E-state index is 11.4. The average molecular weight is 354 g/mol. The molecule has 0 amide bonds. The quantitative estimate of drug-likeness (QED) is 0.553. The Kier molecular flexibility index (Phi) is 4.36. The second-order valence-corrected chi connectivity index (χ2v) is 5.66. The van der Waals surface area contributed by atoms with Crippen LogP contribution in [0.1, 0.15) is 31.8 Å². The molecule has 0 aliphatic rings. The molecule has 0 atom stereocenters. The van der Waals surface area contributed by atoms with Crippen molar-refractivity contribution in [3.8, 4) is 22.8 Å². The summed E-state index contributed by atoms with van der Waals surface area (Å²) in [4.78, 5) is 22.6. The van der Waals surface area contributed by atoms with Crippen LogP contribution in [-0.2, 0) is 6.42 Å². The molecule has 3 aromatic rings. The average Bonchev–Trinajstić information content (AvgIpc) is 3.11. The molecule has 0 aliphatic heterocycles. The van der Waals surface area contributed by atoms with Crippen LogP contribution in [-0.4, -0.2) is 32.4 Å². The van der Waals surface area contributed by atoms with Crippen molar-refractivity contribution in [1.29, 1.82) is 0 Å². The lowest BCUT2D eigenvalue weighted by atomic mass is 9.96. The smallest absolute Gasteiger partial charge is 0.339 e. The van der Waals surface area contributed by atoms with Crippen LogP contribution >= 0.6 is 0 Å². The zero-order valence-electron chi connectivity index (χ0n) is 13.3. The first-order chi connectivity index (χ1) is 12.4. The van der Waals surface area contributed by atoms with Crippen molar-refractivity contribution in [2.45, 2.75) is 6.42 Å². The highest BCUT2D eigenvalue weighted by molar-refractivity contribution is 5.94. The van der Waals surface area contributed by atoms with Gasteiger partial charge in [-0.15, -0.1) is 0 Å². The summed E-state index contributed by atoms with van der Waals surface area (Å²) < 4.78 is 5.24. The van der Waals surface area contributed by atoms with Crippen molar-refractivity contribution in [2.75, 3.05) is 0 Å². The highest BCUT2D eigenvalue weighted by Crippen LogP contribution is 2.35. The monoisotopic (exact) mass is 354 g/mol. The molecule has 2 aromatic carbocycles. The second kappa shape index (κ2) is 6.64. The van der Waals surface area contributed by atoms with Gasteiger partial charge < -0.3 is 24.8 Å². The van der Waals surface area contributed by atoms with Gasteiger partial charge in [0.2, 0.25) is 0 Å². The number of hydrogen-bond donors (Lipinski definition) is 4. The first-order valence-electron chi connectivity index (χ1n) is 7.55. The molecule has 0 bridgehead atoms. The van der Waals surface area contributed by atoms with E-state index >= 15 is 0 Å². The van der Waals surface area contributed by atoms with Gasteiger partial charge in [-0.3, -0.25) is 0 Å². The first kappa shape index (κ1) is 17.1. The molecule has 1 heterocycles. The summed E-state index contributed by atoms with van der Waals surface area (Å²) in [6, 6.07) is 10.2. The van der Waals surface area contributed by atoms with Gasteiger partial charge in [-0.25, -0.2) is 9.59 Å². The van der Waals surface area contributed by atoms with Crippen LogP contribution in [0.5, 0.6) is 11.5 Å². The van der Waals surface area contributed by atoms with Gasteiger partial charge >= 0.3 is 11.9 Å². The number of carbonyl (C=O) groups is 2. The summed E-state index contributed by atoms with van der Waals surface area (Å²) in [5.41, 5.74) is 0.792. The van der Waals surface area contributed by atoms with Crippen molar-refractivity contribution < 1.29 is 34.4 Å². The maximum Gasteiger partial charge on any atom is 0.339 e. The van der Waals surface area contributed by atoms with E-state index in [4.69, 9.17) is 9.52 Å². The van der Waals surface area contributed by atoms with Crippen LogP contribution in [0.3, 0.4) is 0 Å². The molecule has 26 heavy (non-hydrogen) atoms. The number of aromatic hydroxyl groups is 2. The van der Waals surface area contributed by atoms with Crippen LogP contribution in [0, 0.1) is 0 Å². The molecule has 0 saturated heterocycles. The second-order valence-electron chi connectivity index (χ2n) is 5.66. The lowest BCUT2D eigenvalue weighted by Crippen LogP contribution is -2.02. The molecule has 3 rings (SSSR count). The van der Waals surface area contributed by atoms with E-state index in [2.05, 4.69) is 0 Å². The molecule has 0 unspecified atom stereocenters. The Hall–Kier alpha value is -3.74. The zero-order valence-corrected chi connectivity index (χ0v) is 13.3. The minimum Gasteiger partial charge on any atom is -0.507 e. The van der Waals surface area contributed by atoms with Crippen molar-refractivity contribution in [3.05, 3.63) is 71.0 Å². The Morgan fingerprint density at radius 3 is 2.19 bits per heavy atom. The number of carboxylic acid groups (broad SMARTS) is 2. The topological polar surface area (TPSA) is 128 Å². The molecule has 0 aliphatic carbocycles. The van der Waals surface area contributed by atoms with Crippen molar-refractivity contribution in [1.82, 2.24) is 0 Å². The van der Waals surface area contributed by atoms with E-state index in [-0.39, 0.29) is 28.9 Å². The Morgan fingerprint density at radius 2 is 1.58 bits per heavy atom. The van der Waals surface area contributed by atoms with Crippen LogP contribution in [0.15, 0.2) is 53.1 Å². The van der Waals surface area contributed by atoms with Crippen molar-refractivity contribution in [3.63, 3.8) is 0 Å². The lowest BCUT2D eigenvalue weighted by Gasteiger charge is -2.10. The number of carboxylic acids is 2. The molecule has 0 saturated carbocycles. The SMILES string of the molecule is O=C(O)c1cc(Cc2cc(C(=O)O)c(O)c(-c3ccco3)c2)ccc1O. The molecule has 132 valence electrons. The molecule has 7 heteroatoms. The number of aromatic carboxylic acids is 2. The van der Waals surface area contributed by atoms with E-state index in [9.17, 15) is 24.9 Å². The molecule has 0 radical (unpaired) electrons. The normalized spacial score (nSPS) is 10.6. The highest BCUT2D eigenvalue weighted by Gasteiger charge is 2.19. The molecular weight excluding hydrogens is 340 g/mol. The third-order valence-electron chi connectivity index (χ3n) is 3.89. The summed E-state index contributed by atoms with van der Waals surface area (Å²) in [7, 11) is 0. The molecule has 4 N–H and O–H groups in total. The van der Waals surface area contributed by atoms with Gasteiger partial charge in [-0.05, 0) is 53.9 Å². The number of furan rings is 1. The summed E-state index contributed by atoms with van der Waals surface area (Å²) in [6.45, 7) is 0. The van der Waals surface area contributed by atoms with Crippen molar-refractivity contribution in [2.24, 2.45) is 0 Å². The number of rotatable bonds is 5. The Morgan fingerprint density at radius 1 is 0.885 bits per heavy atom. The summed E-state index contributed by atoms with van der Waals surface area (Å²) in [5, 5.41) is 38.2. The summed E-state index contributed by atoms with van der Waals surface area (Å²) in [5.74, 6) is -3.02. The van der Waals surface area contributed by atoms with E-state index in [0.717, 1.165) is 0 Å². The van der Waals surface area contributed by atoms with Gasteiger partial charge in [0, 0.05) is 0 Å². The largest absolute Gasteiger partial charge is 0.507 e. The number of benzene rings is 2. The molecule has 0 spiro atoms. The number of hydrogen-bond acceptors (Lipinski definition) is 5. The van der Waals surface area contributed by atoms with Crippen LogP contribution in [0.4, 0.5) is 0 Å². The Balaban J connectivity index is 2.07. The van der Waals surface area contributed by atoms with E-state index < -0.39 is 17.7 Å². The first-order valence-corrected chi connectivity index (χ1v) is 7.55. The fourth-order valence-corrected chi connectivity index (χ4v) is 2.68. The molecule has 7 nitrogen and oxygen atoms in total. The molecule has 1 aromatic heterocycles. The summed E-state index contributed by atoms with van der Waals surface area (Å²) >= 11 is 0. The molecule has 0 fully saturated rings. The van der Waals surface area contributed by atoms with Gasteiger partial charge in [-0.1, -0.05) is 6.07 Å². The maximum atomic E-state index is 11.4. The van der Waals surface area contributed by atoms with Crippen LogP contribution < -0.4 is 0 Å². The van der Waals surface area contributed by atoms with Gasteiger partial charge in [0.25, 0.3) is 0 Å². The van der Waals surface area contributed by atoms with Gasteiger partial charge in [0.1, 0.15) is 28.4 Å². The summed E-state index contributed by atoms with van der Waals surface area (Å²) in [6.07, 6.45) is 1.61. The standard InChI is InChI=1S/C19H14O7/c20-15-4-3-10(7-12(15)18(22)23)6-11-8-13(16-2-1-5-26-16)17(21)14(9-11)19(24)25/h1-5,7-9,20-21H,6H2,(H,22,23)(H,24,25). The van der Waals surface area contributed by atoms with E-state index in [1.54, 1.807) is 24.3 Å². The van der Waals surface area contributed by atoms with Gasteiger partial charge in [0.15, 0.2) is 0 Å². The minimum absolute atomic E-state index is 0.203. The van der Waals surface area contributed by atoms with E-state index in [0.29, 0.717) is 16.9 Å². The third kappa shape index (κ3) is 3.23. The van der Waals surface area contributed by atoms with Gasteiger partial charge in [0.05, 0.1) is 11.8 Å².